The zero-order chi connectivity index (χ0) is 17.6. The average Bonchev–Trinajstić information content (AvgIpc) is 2.84. The van der Waals surface area contributed by atoms with Crippen LogP contribution >= 0.6 is 0 Å². The van der Waals surface area contributed by atoms with E-state index in [0.29, 0.717) is 12.8 Å². The van der Waals surface area contributed by atoms with Gasteiger partial charge >= 0.3 is 0 Å². The largest absolute Gasteiger partial charge is 0.228 e. The molecule has 0 heterocycles. The van der Waals surface area contributed by atoms with Gasteiger partial charge in [0.15, 0.2) is 0 Å². The van der Waals surface area contributed by atoms with Crippen molar-refractivity contribution in [3.63, 3.8) is 0 Å². The Bertz CT molecular complexity index is 848. The first-order valence-electron chi connectivity index (χ1n) is 8.00. The summed E-state index contributed by atoms with van der Waals surface area (Å²) in [6.45, 7) is 4.23. The maximum atomic E-state index is 13.3. The Kier molecular flexibility index (Phi) is 4.04. The van der Waals surface area contributed by atoms with Crippen LogP contribution in [0.4, 0.5) is 4.39 Å². The summed E-state index contributed by atoms with van der Waals surface area (Å²) in [5.74, 6) is -0.306. The molecule has 0 aliphatic heterocycles. The monoisotopic (exact) mass is 347 g/mol. The van der Waals surface area contributed by atoms with Crippen LogP contribution in [0.25, 0.3) is 5.57 Å². The molecular weight excluding hydrogens is 325 g/mol. The van der Waals surface area contributed by atoms with Crippen molar-refractivity contribution in [3.05, 3.63) is 65.5 Å². The second-order valence-corrected chi connectivity index (χ2v) is 9.23. The molecular formula is C19H22FNO2S. The fraction of sp³-hybridized carbons (Fsp3) is 0.368. The van der Waals surface area contributed by atoms with Gasteiger partial charge in [0.1, 0.15) is 10.6 Å². The van der Waals surface area contributed by atoms with Gasteiger partial charge in [-0.2, -0.15) is 0 Å². The minimum atomic E-state index is -3.84. The molecule has 2 N–H and O–H groups in total. The molecule has 0 spiro atoms. The van der Waals surface area contributed by atoms with E-state index in [1.54, 1.807) is 24.3 Å². The molecule has 0 aromatic heterocycles. The van der Waals surface area contributed by atoms with E-state index in [4.69, 9.17) is 5.14 Å². The van der Waals surface area contributed by atoms with Crippen LogP contribution in [0.5, 0.6) is 0 Å². The van der Waals surface area contributed by atoms with Crippen LogP contribution in [0.1, 0.15) is 38.7 Å². The number of primary sulfonamides is 1. The maximum absolute atomic E-state index is 13.3. The maximum Gasteiger partial charge on any atom is 0.222 e. The lowest BCUT2D eigenvalue weighted by molar-refractivity contribution is 0.390. The highest BCUT2D eigenvalue weighted by molar-refractivity contribution is 7.91. The Morgan fingerprint density at radius 2 is 1.75 bits per heavy atom. The van der Waals surface area contributed by atoms with Gasteiger partial charge in [0, 0.05) is 0 Å². The first kappa shape index (κ1) is 17.1. The fourth-order valence-electron chi connectivity index (χ4n) is 3.77. The van der Waals surface area contributed by atoms with E-state index in [0.717, 1.165) is 23.1 Å². The van der Waals surface area contributed by atoms with E-state index in [9.17, 15) is 12.8 Å². The van der Waals surface area contributed by atoms with E-state index in [-0.39, 0.29) is 11.2 Å². The molecule has 0 saturated carbocycles. The lowest BCUT2D eigenvalue weighted by Crippen LogP contribution is -2.44. The zero-order valence-corrected chi connectivity index (χ0v) is 14.7. The molecule has 2 aliphatic rings. The topological polar surface area (TPSA) is 60.2 Å². The van der Waals surface area contributed by atoms with Crippen molar-refractivity contribution < 1.29 is 12.8 Å². The van der Waals surface area contributed by atoms with Gasteiger partial charge in [-0.1, -0.05) is 50.3 Å². The second-order valence-electron chi connectivity index (χ2n) is 7.41. The molecule has 5 heteroatoms. The van der Waals surface area contributed by atoms with Gasteiger partial charge in [-0.15, -0.1) is 0 Å². The molecule has 0 fully saturated rings. The van der Waals surface area contributed by atoms with Crippen LogP contribution in [0.15, 0.2) is 54.1 Å². The summed E-state index contributed by atoms with van der Waals surface area (Å²) in [6.07, 6.45) is 8.83. The third-order valence-electron chi connectivity index (χ3n) is 4.92. The second kappa shape index (κ2) is 5.67. The lowest BCUT2D eigenvalue weighted by Gasteiger charge is -2.32. The van der Waals surface area contributed by atoms with E-state index >= 15 is 0 Å². The van der Waals surface area contributed by atoms with Crippen molar-refractivity contribution in [1.82, 2.24) is 0 Å². The summed E-state index contributed by atoms with van der Waals surface area (Å²) in [5, 5.41) is 5.67. The number of nitrogens with two attached hydrogens (primary N) is 1. The Labute approximate surface area is 142 Å². The van der Waals surface area contributed by atoms with Gasteiger partial charge < -0.3 is 0 Å². The third kappa shape index (κ3) is 2.87. The molecule has 1 unspecified atom stereocenters. The molecule has 0 amide bonds. The van der Waals surface area contributed by atoms with Crippen molar-refractivity contribution in [2.75, 3.05) is 0 Å². The highest BCUT2D eigenvalue weighted by atomic mass is 32.2. The van der Waals surface area contributed by atoms with E-state index in [1.807, 2.05) is 12.2 Å². The van der Waals surface area contributed by atoms with Gasteiger partial charge in [-0.05, 0) is 53.5 Å². The number of allylic oxidation sites excluding steroid dienone is 4. The third-order valence-corrected chi connectivity index (χ3v) is 6.48. The van der Waals surface area contributed by atoms with Crippen molar-refractivity contribution in [1.29, 1.82) is 0 Å². The summed E-state index contributed by atoms with van der Waals surface area (Å²) < 4.78 is 37.2. The molecule has 3 nitrogen and oxygen atoms in total. The first-order chi connectivity index (χ1) is 11.1. The molecule has 0 radical (unpaired) electrons. The quantitative estimate of drug-likeness (QED) is 0.900. The number of benzene rings is 1. The Balaban J connectivity index is 2.23. The zero-order valence-electron chi connectivity index (χ0n) is 13.9. The van der Waals surface area contributed by atoms with Crippen LogP contribution in [0.3, 0.4) is 0 Å². The number of hydrogen-bond acceptors (Lipinski definition) is 2. The van der Waals surface area contributed by atoms with Crippen molar-refractivity contribution in [3.8, 4) is 0 Å². The van der Waals surface area contributed by atoms with Crippen molar-refractivity contribution >= 4 is 15.6 Å². The highest BCUT2D eigenvalue weighted by Crippen LogP contribution is 2.52. The summed E-state index contributed by atoms with van der Waals surface area (Å²) >= 11 is 0. The predicted octanol–water partition coefficient (Wildman–Crippen LogP) is 3.94. The van der Waals surface area contributed by atoms with Gasteiger partial charge in [0.2, 0.25) is 10.0 Å². The number of hydrogen-bond donors (Lipinski definition) is 1. The molecule has 1 aromatic carbocycles. The highest BCUT2D eigenvalue weighted by Gasteiger charge is 2.48. The number of rotatable bonds is 3. The standard InChI is InChI=1S/C19H22FNO2S/c1-18(2)12-16(14-6-8-15(20)9-7-14)17(13-18)19(24(21,22)23)10-4-3-5-11-19/h3-10H,11-13H2,1-2H3,(H2,21,22,23). The molecule has 0 bridgehead atoms. The normalized spacial score (nSPS) is 26.2. The predicted molar refractivity (Wildman–Crippen MR) is 95.1 cm³/mol. The SMILES string of the molecule is CC1(C)CC(c2ccc(F)cc2)=C(C2(S(N)(=O)=O)C=CC=CC2)C1. The van der Waals surface area contributed by atoms with Crippen molar-refractivity contribution in [2.24, 2.45) is 10.6 Å². The van der Waals surface area contributed by atoms with Gasteiger partial charge in [0.25, 0.3) is 0 Å². The fourth-order valence-corrected chi connectivity index (χ4v) is 4.91. The molecule has 0 saturated heterocycles. The number of halogens is 1. The van der Waals surface area contributed by atoms with Gasteiger partial charge in [0.05, 0.1) is 0 Å². The Morgan fingerprint density at radius 1 is 1.08 bits per heavy atom. The van der Waals surface area contributed by atoms with Crippen LogP contribution in [0.2, 0.25) is 0 Å². The van der Waals surface area contributed by atoms with Crippen LogP contribution in [-0.2, 0) is 10.0 Å². The van der Waals surface area contributed by atoms with Crippen LogP contribution in [0, 0.1) is 11.2 Å². The van der Waals surface area contributed by atoms with E-state index in [2.05, 4.69) is 13.8 Å². The smallest absolute Gasteiger partial charge is 0.222 e. The first-order valence-corrected chi connectivity index (χ1v) is 9.54. The molecule has 3 rings (SSSR count). The number of sulfonamides is 1. The molecule has 1 aromatic rings. The summed E-state index contributed by atoms with van der Waals surface area (Å²) in [5.41, 5.74) is 2.60. The molecule has 128 valence electrons. The minimum absolute atomic E-state index is 0.0637. The summed E-state index contributed by atoms with van der Waals surface area (Å²) in [6, 6.07) is 6.24. The average molecular weight is 347 g/mol. The molecule has 24 heavy (non-hydrogen) atoms. The van der Waals surface area contributed by atoms with E-state index < -0.39 is 14.8 Å². The van der Waals surface area contributed by atoms with Gasteiger partial charge in [-0.3, -0.25) is 0 Å². The lowest BCUT2D eigenvalue weighted by atomic mass is 9.84. The minimum Gasteiger partial charge on any atom is -0.228 e. The summed E-state index contributed by atoms with van der Waals surface area (Å²) in [4.78, 5) is 0. The summed E-state index contributed by atoms with van der Waals surface area (Å²) in [7, 11) is -3.84. The molecule has 2 aliphatic carbocycles. The van der Waals surface area contributed by atoms with E-state index in [1.165, 1.54) is 12.1 Å². The molecule has 1 atom stereocenters. The Hall–Kier alpha value is -1.72. The van der Waals surface area contributed by atoms with Gasteiger partial charge in [-0.25, -0.2) is 17.9 Å². The van der Waals surface area contributed by atoms with Crippen LogP contribution in [-0.4, -0.2) is 13.2 Å². The van der Waals surface area contributed by atoms with Crippen LogP contribution < -0.4 is 5.14 Å². The Morgan fingerprint density at radius 3 is 2.29 bits per heavy atom. The van der Waals surface area contributed by atoms with Crippen molar-refractivity contribution in [2.45, 2.75) is 37.9 Å².